The molecule has 1 saturated heterocycles. The second kappa shape index (κ2) is 8.64. The third-order valence-electron chi connectivity index (χ3n) is 5.04. The number of rotatable bonds is 5. The van der Waals surface area contributed by atoms with Gasteiger partial charge in [0.2, 0.25) is 5.91 Å². The molecule has 0 spiro atoms. The molecule has 0 bridgehead atoms. The summed E-state index contributed by atoms with van der Waals surface area (Å²) in [6.07, 6.45) is 2.37. The van der Waals surface area contributed by atoms with Crippen molar-refractivity contribution in [3.8, 4) is 6.07 Å². The Morgan fingerprint density at radius 2 is 2.00 bits per heavy atom. The van der Waals surface area contributed by atoms with E-state index < -0.39 is 0 Å². The average Bonchev–Trinajstić information content (AvgIpc) is 2.66. The molecule has 3 rings (SSSR count). The van der Waals surface area contributed by atoms with Gasteiger partial charge < -0.3 is 5.32 Å². The number of nitrogens with one attached hydrogen (secondary N) is 1. The van der Waals surface area contributed by atoms with Gasteiger partial charge in [0.1, 0.15) is 0 Å². The van der Waals surface area contributed by atoms with Gasteiger partial charge in [0.25, 0.3) is 0 Å². The van der Waals surface area contributed by atoms with Crippen LogP contribution in [-0.4, -0.2) is 23.9 Å². The number of benzene rings is 2. The Bertz CT molecular complexity index is 792. The Labute approximate surface area is 155 Å². The van der Waals surface area contributed by atoms with Crippen LogP contribution in [0.5, 0.6) is 0 Å². The van der Waals surface area contributed by atoms with Crippen LogP contribution in [0.4, 0.5) is 5.69 Å². The van der Waals surface area contributed by atoms with Crippen LogP contribution in [0.15, 0.2) is 48.5 Å². The summed E-state index contributed by atoms with van der Waals surface area (Å²) in [5.74, 6) is 0.110. The highest BCUT2D eigenvalue weighted by Gasteiger charge is 2.26. The van der Waals surface area contributed by atoms with E-state index in [0.717, 1.165) is 43.7 Å². The maximum atomic E-state index is 12.7. The molecule has 0 saturated carbocycles. The van der Waals surface area contributed by atoms with Gasteiger partial charge in [0, 0.05) is 18.8 Å². The molecule has 1 aliphatic heterocycles. The van der Waals surface area contributed by atoms with Crippen molar-refractivity contribution in [3.05, 3.63) is 65.2 Å². The number of nitrogens with zero attached hydrogens (tertiary/aromatic N) is 2. The Kier molecular flexibility index (Phi) is 6.04. The van der Waals surface area contributed by atoms with Gasteiger partial charge in [-0.25, -0.2) is 0 Å². The number of piperidine rings is 1. The Balaban J connectivity index is 1.57. The highest BCUT2D eigenvalue weighted by atomic mass is 16.1. The zero-order chi connectivity index (χ0) is 18.4. The summed E-state index contributed by atoms with van der Waals surface area (Å²) in [7, 11) is 0. The maximum Gasteiger partial charge on any atom is 0.228 e. The molecule has 0 aromatic heterocycles. The average molecular weight is 347 g/mol. The molecule has 1 atom stereocenters. The molecule has 1 heterocycles. The molecule has 1 fully saturated rings. The fraction of sp³-hybridized carbons (Fsp3) is 0.364. The van der Waals surface area contributed by atoms with E-state index >= 15 is 0 Å². The van der Waals surface area contributed by atoms with Crippen molar-refractivity contribution >= 4 is 11.6 Å². The van der Waals surface area contributed by atoms with Crippen LogP contribution in [0.3, 0.4) is 0 Å². The predicted octanol–water partition coefficient (Wildman–Crippen LogP) is 3.91. The molecule has 0 radical (unpaired) electrons. The van der Waals surface area contributed by atoms with E-state index in [1.54, 1.807) is 0 Å². The molecule has 134 valence electrons. The van der Waals surface area contributed by atoms with Gasteiger partial charge in [0.15, 0.2) is 0 Å². The third kappa shape index (κ3) is 4.71. The smallest absolute Gasteiger partial charge is 0.228 e. The van der Waals surface area contributed by atoms with E-state index in [0.29, 0.717) is 6.42 Å². The number of hydrogen-bond acceptors (Lipinski definition) is 3. The second-order valence-electron chi connectivity index (χ2n) is 7.02. The summed E-state index contributed by atoms with van der Waals surface area (Å²) in [6.45, 7) is 4.88. The number of aryl methyl sites for hydroxylation is 1. The Morgan fingerprint density at radius 3 is 2.73 bits per heavy atom. The second-order valence-corrected chi connectivity index (χ2v) is 7.02. The monoisotopic (exact) mass is 347 g/mol. The molecule has 4 heteroatoms. The van der Waals surface area contributed by atoms with Gasteiger partial charge in [-0.2, -0.15) is 5.26 Å². The lowest BCUT2D eigenvalue weighted by molar-refractivity contribution is -0.121. The standard InChI is InChI=1S/C22H25N3O/c1-17-5-2-3-6-19(17)15-25-14-4-7-20(16-25)22(26)24-21-10-8-18(9-11-21)12-13-23/h2-3,5-6,8-11,20H,4,7,12,14-16H2,1H3,(H,24,26). The van der Waals surface area contributed by atoms with Gasteiger partial charge >= 0.3 is 0 Å². The normalized spacial score (nSPS) is 17.5. The van der Waals surface area contributed by atoms with Crippen molar-refractivity contribution in [1.29, 1.82) is 5.26 Å². The highest BCUT2D eigenvalue weighted by Crippen LogP contribution is 2.21. The van der Waals surface area contributed by atoms with E-state index in [2.05, 4.69) is 47.5 Å². The van der Waals surface area contributed by atoms with Crippen molar-refractivity contribution in [2.24, 2.45) is 5.92 Å². The lowest BCUT2D eigenvalue weighted by Crippen LogP contribution is -2.40. The van der Waals surface area contributed by atoms with Crippen LogP contribution in [0.1, 0.15) is 29.5 Å². The minimum atomic E-state index is 0.0200. The summed E-state index contributed by atoms with van der Waals surface area (Å²) < 4.78 is 0. The Hall–Kier alpha value is -2.64. The van der Waals surface area contributed by atoms with Crippen molar-refractivity contribution in [2.75, 3.05) is 18.4 Å². The Morgan fingerprint density at radius 1 is 1.23 bits per heavy atom. The molecule has 26 heavy (non-hydrogen) atoms. The fourth-order valence-electron chi connectivity index (χ4n) is 3.48. The molecule has 2 aromatic rings. The molecule has 1 N–H and O–H groups in total. The predicted molar refractivity (Wildman–Crippen MR) is 104 cm³/mol. The molecular formula is C22H25N3O. The van der Waals surface area contributed by atoms with Crippen LogP contribution in [-0.2, 0) is 17.8 Å². The fourth-order valence-corrected chi connectivity index (χ4v) is 3.48. The minimum absolute atomic E-state index is 0.0200. The van der Waals surface area contributed by atoms with Crippen LogP contribution >= 0.6 is 0 Å². The van der Waals surface area contributed by atoms with E-state index in [1.807, 2.05) is 24.3 Å². The van der Waals surface area contributed by atoms with Crippen molar-refractivity contribution in [3.63, 3.8) is 0 Å². The van der Waals surface area contributed by atoms with E-state index in [-0.39, 0.29) is 11.8 Å². The SMILES string of the molecule is Cc1ccccc1CN1CCCC(C(=O)Nc2ccc(CC#N)cc2)C1. The quantitative estimate of drug-likeness (QED) is 0.892. The van der Waals surface area contributed by atoms with Crippen LogP contribution < -0.4 is 5.32 Å². The van der Waals surface area contributed by atoms with Crippen LogP contribution in [0, 0.1) is 24.2 Å². The van der Waals surface area contributed by atoms with Crippen molar-refractivity contribution < 1.29 is 4.79 Å². The van der Waals surface area contributed by atoms with E-state index in [9.17, 15) is 4.79 Å². The summed E-state index contributed by atoms with van der Waals surface area (Å²) >= 11 is 0. The molecule has 1 unspecified atom stereocenters. The highest BCUT2D eigenvalue weighted by molar-refractivity contribution is 5.92. The first kappa shape index (κ1) is 18.2. The lowest BCUT2D eigenvalue weighted by Gasteiger charge is -2.32. The van der Waals surface area contributed by atoms with Crippen LogP contribution in [0.25, 0.3) is 0 Å². The summed E-state index contributed by atoms with van der Waals surface area (Å²) in [5.41, 5.74) is 4.40. The summed E-state index contributed by atoms with van der Waals surface area (Å²) in [6, 6.07) is 18.1. The number of nitriles is 1. The molecule has 4 nitrogen and oxygen atoms in total. The summed E-state index contributed by atoms with van der Waals surface area (Å²) in [4.78, 5) is 15.0. The molecular weight excluding hydrogens is 322 g/mol. The number of hydrogen-bond donors (Lipinski definition) is 1. The lowest BCUT2D eigenvalue weighted by atomic mass is 9.96. The van der Waals surface area contributed by atoms with Gasteiger partial charge in [-0.1, -0.05) is 36.4 Å². The van der Waals surface area contributed by atoms with Crippen LogP contribution in [0.2, 0.25) is 0 Å². The molecule has 1 aliphatic rings. The number of carbonyl (C=O) groups excluding carboxylic acids is 1. The number of amides is 1. The third-order valence-corrected chi connectivity index (χ3v) is 5.04. The zero-order valence-corrected chi connectivity index (χ0v) is 15.2. The first-order chi connectivity index (χ1) is 12.7. The van der Waals surface area contributed by atoms with Gasteiger partial charge in [-0.15, -0.1) is 0 Å². The number of anilines is 1. The molecule has 0 aliphatic carbocycles. The van der Waals surface area contributed by atoms with Gasteiger partial charge in [-0.05, 0) is 55.1 Å². The molecule has 2 aromatic carbocycles. The van der Waals surface area contributed by atoms with E-state index in [4.69, 9.17) is 5.26 Å². The van der Waals surface area contributed by atoms with Gasteiger partial charge in [-0.3, -0.25) is 9.69 Å². The maximum absolute atomic E-state index is 12.7. The topological polar surface area (TPSA) is 56.1 Å². The number of carbonyl (C=O) groups is 1. The van der Waals surface area contributed by atoms with Crippen molar-refractivity contribution in [1.82, 2.24) is 4.90 Å². The first-order valence-electron chi connectivity index (χ1n) is 9.19. The van der Waals surface area contributed by atoms with E-state index in [1.165, 1.54) is 11.1 Å². The van der Waals surface area contributed by atoms with Gasteiger partial charge in [0.05, 0.1) is 18.4 Å². The minimum Gasteiger partial charge on any atom is -0.326 e. The molecule has 1 amide bonds. The number of likely N-dealkylation sites (tertiary alicyclic amines) is 1. The largest absolute Gasteiger partial charge is 0.326 e. The van der Waals surface area contributed by atoms with Crippen molar-refractivity contribution in [2.45, 2.75) is 32.7 Å². The first-order valence-corrected chi connectivity index (χ1v) is 9.19. The zero-order valence-electron chi connectivity index (χ0n) is 15.2. The summed E-state index contributed by atoms with van der Waals surface area (Å²) in [5, 5.41) is 11.8.